The maximum absolute atomic E-state index is 12.1. The first kappa shape index (κ1) is 15.9. The van der Waals surface area contributed by atoms with Gasteiger partial charge in [0.15, 0.2) is 6.33 Å². The predicted octanol–water partition coefficient (Wildman–Crippen LogP) is 0.963. The molecule has 2 N–H and O–H groups in total. The highest BCUT2D eigenvalue weighted by Crippen LogP contribution is 2.20. The summed E-state index contributed by atoms with van der Waals surface area (Å²) in [5, 5.41) is 6.81. The molecule has 0 unspecified atom stereocenters. The molecule has 0 amide bonds. The van der Waals surface area contributed by atoms with E-state index in [1.165, 1.54) is 18.5 Å². The highest BCUT2D eigenvalue weighted by Gasteiger charge is 2.15. The molecule has 0 aliphatic rings. The number of nitrogens with one attached hydrogen (secondary N) is 2. The Bertz CT molecular complexity index is 689. The summed E-state index contributed by atoms with van der Waals surface area (Å²) >= 11 is 6.06. The van der Waals surface area contributed by atoms with Crippen LogP contribution in [0.1, 0.15) is 11.5 Å². The Morgan fingerprint density at radius 1 is 1.38 bits per heavy atom. The van der Waals surface area contributed by atoms with Crippen molar-refractivity contribution in [3.8, 4) is 0 Å². The van der Waals surface area contributed by atoms with Gasteiger partial charge < -0.3 is 9.84 Å². The predicted molar refractivity (Wildman–Crippen MR) is 77.4 cm³/mol. The molecule has 0 fully saturated rings. The quantitative estimate of drug-likeness (QED) is 0.785. The van der Waals surface area contributed by atoms with Crippen LogP contribution in [0.4, 0.5) is 0 Å². The summed E-state index contributed by atoms with van der Waals surface area (Å²) in [6.07, 6.45) is 1.59. The monoisotopic (exact) mass is 330 g/mol. The minimum atomic E-state index is -3.61. The zero-order valence-electron chi connectivity index (χ0n) is 11.3. The number of aromatic nitrogens is 2. The Balaban J connectivity index is 2.03. The lowest BCUT2D eigenvalue weighted by Crippen LogP contribution is -2.26. The van der Waals surface area contributed by atoms with Gasteiger partial charge in [-0.2, -0.15) is 4.98 Å². The van der Waals surface area contributed by atoms with Crippen LogP contribution in [-0.2, 0) is 23.0 Å². The third-order valence-electron chi connectivity index (χ3n) is 2.74. The average molecular weight is 331 g/mol. The summed E-state index contributed by atoms with van der Waals surface area (Å²) in [5.74, 6) is 0.375. The van der Waals surface area contributed by atoms with Crippen molar-refractivity contribution in [1.82, 2.24) is 20.2 Å². The first-order valence-corrected chi connectivity index (χ1v) is 8.07. The van der Waals surface area contributed by atoms with E-state index in [0.717, 1.165) is 5.56 Å². The molecule has 1 aromatic carbocycles. The maximum atomic E-state index is 12.1. The minimum absolute atomic E-state index is 0.123. The molecule has 2 rings (SSSR count). The van der Waals surface area contributed by atoms with E-state index in [1.54, 1.807) is 13.1 Å². The van der Waals surface area contributed by atoms with Crippen molar-refractivity contribution in [1.29, 1.82) is 0 Å². The van der Waals surface area contributed by atoms with Gasteiger partial charge in [-0.25, -0.2) is 13.1 Å². The van der Waals surface area contributed by atoms with E-state index in [4.69, 9.17) is 16.1 Å². The molecule has 2 aromatic rings. The van der Waals surface area contributed by atoms with E-state index in [9.17, 15) is 8.42 Å². The van der Waals surface area contributed by atoms with Gasteiger partial charge in [0, 0.05) is 24.5 Å². The summed E-state index contributed by atoms with van der Waals surface area (Å²) in [5.41, 5.74) is 0.837. The summed E-state index contributed by atoms with van der Waals surface area (Å²) in [6, 6.07) is 4.64. The number of benzene rings is 1. The van der Waals surface area contributed by atoms with Gasteiger partial charge in [0.1, 0.15) is 0 Å². The van der Waals surface area contributed by atoms with E-state index < -0.39 is 10.0 Å². The third kappa shape index (κ3) is 4.24. The average Bonchev–Trinajstić information content (AvgIpc) is 2.94. The van der Waals surface area contributed by atoms with Gasteiger partial charge in [0.2, 0.25) is 15.9 Å². The van der Waals surface area contributed by atoms with Crippen molar-refractivity contribution < 1.29 is 12.9 Å². The van der Waals surface area contributed by atoms with Crippen LogP contribution in [-0.4, -0.2) is 32.2 Å². The van der Waals surface area contributed by atoms with Crippen molar-refractivity contribution >= 4 is 21.6 Å². The summed E-state index contributed by atoms with van der Waals surface area (Å²) in [7, 11) is -1.82. The lowest BCUT2D eigenvalue weighted by Gasteiger charge is -2.08. The second kappa shape index (κ2) is 6.99. The Labute approximate surface area is 127 Å². The Morgan fingerprint density at radius 2 is 2.19 bits per heavy atom. The fourth-order valence-electron chi connectivity index (χ4n) is 1.71. The van der Waals surface area contributed by atoms with Gasteiger partial charge in [0.25, 0.3) is 0 Å². The molecule has 0 atom stereocenters. The Hall–Kier alpha value is -1.48. The molecule has 0 saturated carbocycles. The van der Waals surface area contributed by atoms with Gasteiger partial charge in [-0.1, -0.05) is 22.8 Å². The zero-order chi connectivity index (χ0) is 15.3. The fourth-order valence-corrected chi connectivity index (χ4v) is 3.08. The number of rotatable bonds is 7. The van der Waals surface area contributed by atoms with Gasteiger partial charge in [-0.05, 0) is 24.7 Å². The lowest BCUT2D eigenvalue weighted by molar-refractivity contribution is 0.377. The molecular weight excluding hydrogens is 316 g/mol. The van der Waals surface area contributed by atoms with Crippen molar-refractivity contribution in [2.24, 2.45) is 0 Å². The van der Waals surface area contributed by atoms with Gasteiger partial charge in [-0.3, -0.25) is 0 Å². The number of halogens is 1. The van der Waals surface area contributed by atoms with Crippen LogP contribution in [0.2, 0.25) is 5.02 Å². The zero-order valence-corrected chi connectivity index (χ0v) is 12.9. The largest absolute Gasteiger partial charge is 0.340 e. The molecule has 0 aliphatic carbocycles. The highest BCUT2D eigenvalue weighted by molar-refractivity contribution is 7.89. The first-order chi connectivity index (χ1) is 10.0. The first-order valence-electron chi connectivity index (χ1n) is 6.21. The molecule has 0 saturated heterocycles. The third-order valence-corrected chi connectivity index (χ3v) is 4.55. The molecule has 9 heteroatoms. The summed E-state index contributed by atoms with van der Waals surface area (Å²) in [4.78, 5) is 3.94. The van der Waals surface area contributed by atoms with Crippen molar-refractivity contribution in [3.05, 3.63) is 41.0 Å². The molecular formula is C12H15ClN4O3S. The smallest absolute Gasteiger partial charge is 0.240 e. The second-order valence-corrected chi connectivity index (χ2v) is 6.44. The molecule has 0 bridgehead atoms. The fraction of sp³-hybridized carbons (Fsp3) is 0.333. The number of hydrogen-bond acceptors (Lipinski definition) is 6. The van der Waals surface area contributed by atoms with E-state index >= 15 is 0 Å². The van der Waals surface area contributed by atoms with Crippen LogP contribution in [0.3, 0.4) is 0 Å². The van der Waals surface area contributed by atoms with Crippen LogP contribution < -0.4 is 10.0 Å². The van der Waals surface area contributed by atoms with Gasteiger partial charge in [-0.15, -0.1) is 0 Å². The molecule has 1 heterocycles. The standard InChI is InChI=1S/C12H15ClN4O3S/c1-14-7-9-2-3-10(6-11(9)13)21(18,19)17-5-4-12-15-8-16-20-12/h2-3,6,8,14,17H,4-5,7H2,1H3. The molecule has 0 radical (unpaired) electrons. The van der Waals surface area contributed by atoms with Gasteiger partial charge in [0.05, 0.1) is 4.90 Å². The molecule has 0 aliphatic heterocycles. The molecule has 114 valence electrons. The van der Waals surface area contributed by atoms with Crippen molar-refractivity contribution in [3.63, 3.8) is 0 Å². The van der Waals surface area contributed by atoms with Crippen molar-refractivity contribution in [2.45, 2.75) is 17.9 Å². The van der Waals surface area contributed by atoms with Crippen molar-refractivity contribution in [2.75, 3.05) is 13.6 Å². The molecule has 7 nitrogen and oxygen atoms in total. The van der Waals surface area contributed by atoms with Crippen LogP contribution in [0.25, 0.3) is 0 Å². The summed E-state index contributed by atoms with van der Waals surface area (Å²) in [6.45, 7) is 0.740. The normalized spacial score (nSPS) is 11.7. The molecule has 1 aromatic heterocycles. The Kier molecular flexibility index (Phi) is 5.29. The van der Waals surface area contributed by atoms with E-state index in [1.807, 2.05) is 0 Å². The number of hydrogen-bond donors (Lipinski definition) is 2. The van der Waals surface area contributed by atoms with E-state index in [0.29, 0.717) is 23.9 Å². The lowest BCUT2D eigenvalue weighted by atomic mass is 10.2. The van der Waals surface area contributed by atoms with Crippen LogP contribution >= 0.6 is 11.6 Å². The maximum Gasteiger partial charge on any atom is 0.240 e. The van der Waals surface area contributed by atoms with E-state index in [2.05, 4.69) is 20.2 Å². The van der Waals surface area contributed by atoms with Gasteiger partial charge >= 0.3 is 0 Å². The summed E-state index contributed by atoms with van der Waals surface area (Å²) < 4.78 is 31.5. The topological polar surface area (TPSA) is 97.1 Å². The van der Waals surface area contributed by atoms with Crippen LogP contribution in [0, 0.1) is 0 Å². The SMILES string of the molecule is CNCc1ccc(S(=O)(=O)NCCc2ncno2)cc1Cl. The molecule has 0 spiro atoms. The number of sulfonamides is 1. The minimum Gasteiger partial charge on any atom is -0.340 e. The molecule has 21 heavy (non-hydrogen) atoms. The van der Waals surface area contributed by atoms with Crippen LogP contribution in [0.15, 0.2) is 33.9 Å². The van der Waals surface area contributed by atoms with Crippen LogP contribution in [0.5, 0.6) is 0 Å². The number of nitrogens with zero attached hydrogens (tertiary/aromatic N) is 2. The highest BCUT2D eigenvalue weighted by atomic mass is 35.5. The Morgan fingerprint density at radius 3 is 2.81 bits per heavy atom. The second-order valence-electron chi connectivity index (χ2n) is 4.27. The van der Waals surface area contributed by atoms with E-state index in [-0.39, 0.29) is 11.4 Å².